The monoisotopic (exact) mass is 357 g/mol. The molecular formula is C20H20ClNO3. The number of allylic oxidation sites excluding steroid dienone is 1. The zero-order valence-corrected chi connectivity index (χ0v) is 15.3. The van der Waals surface area contributed by atoms with Crippen LogP contribution in [0.2, 0.25) is 5.02 Å². The number of hydrogen-bond donors (Lipinski definition) is 0. The lowest BCUT2D eigenvalue weighted by Gasteiger charge is -2.13. The first-order chi connectivity index (χ1) is 12.1. The predicted molar refractivity (Wildman–Crippen MR) is 100 cm³/mol. The van der Waals surface area contributed by atoms with Gasteiger partial charge in [0.2, 0.25) is 0 Å². The Morgan fingerprint density at radius 2 is 1.88 bits per heavy atom. The normalized spacial score (nSPS) is 10.9. The minimum atomic E-state index is 0.450. The molecule has 0 unspecified atom stereocenters. The number of methoxy groups -OCH3 is 2. The van der Waals surface area contributed by atoms with Crippen LogP contribution in [0.4, 0.5) is 0 Å². The Hall–Kier alpha value is -2.64. The van der Waals surface area contributed by atoms with E-state index in [0.717, 1.165) is 23.3 Å². The molecule has 0 aromatic heterocycles. The second kappa shape index (κ2) is 9.00. The fraction of sp³-hybridized carbons (Fsp3) is 0.250. The minimum absolute atomic E-state index is 0.450. The topological polar surface area (TPSA) is 51.5 Å². The van der Waals surface area contributed by atoms with Gasteiger partial charge in [-0.05, 0) is 60.0 Å². The van der Waals surface area contributed by atoms with Crippen LogP contribution in [0.15, 0.2) is 36.4 Å². The summed E-state index contributed by atoms with van der Waals surface area (Å²) < 4.78 is 16.2. The van der Waals surface area contributed by atoms with Gasteiger partial charge in [-0.1, -0.05) is 18.5 Å². The van der Waals surface area contributed by atoms with Gasteiger partial charge in [-0.15, -0.1) is 0 Å². The molecule has 0 saturated heterocycles. The van der Waals surface area contributed by atoms with Gasteiger partial charge in [-0.2, -0.15) is 5.26 Å². The maximum atomic E-state index is 9.50. The Morgan fingerprint density at radius 3 is 2.44 bits per heavy atom. The summed E-state index contributed by atoms with van der Waals surface area (Å²) >= 11 is 6.33. The maximum Gasteiger partial charge on any atom is 0.179 e. The van der Waals surface area contributed by atoms with Gasteiger partial charge in [0.1, 0.15) is 5.75 Å². The van der Waals surface area contributed by atoms with E-state index in [1.807, 2.05) is 31.2 Å². The van der Waals surface area contributed by atoms with E-state index in [0.29, 0.717) is 28.7 Å². The maximum absolute atomic E-state index is 9.50. The van der Waals surface area contributed by atoms with Crippen molar-refractivity contribution in [3.63, 3.8) is 0 Å². The predicted octanol–water partition coefficient (Wildman–Crippen LogP) is 5.21. The first kappa shape index (κ1) is 18.7. The highest BCUT2D eigenvalue weighted by atomic mass is 35.5. The molecule has 0 aliphatic rings. The third-order valence-electron chi connectivity index (χ3n) is 3.53. The van der Waals surface area contributed by atoms with Crippen LogP contribution in [0.25, 0.3) is 11.6 Å². The van der Waals surface area contributed by atoms with Crippen LogP contribution in [0.3, 0.4) is 0 Å². The van der Waals surface area contributed by atoms with Crippen LogP contribution in [0.1, 0.15) is 24.5 Å². The highest BCUT2D eigenvalue weighted by Gasteiger charge is 2.12. The molecule has 130 valence electrons. The average Bonchev–Trinajstić information content (AvgIpc) is 2.65. The Morgan fingerprint density at radius 1 is 1.16 bits per heavy atom. The molecule has 0 heterocycles. The van der Waals surface area contributed by atoms with Gasteiger partial charge < -0.3 is 14.2 Å². The highest BCUT2D eigenvalue weighted by Crippen LogP contribution is 2.37. The van der Waals surface area contributed by atoms with Crippen molar-refractivity contribution in [2.75, 3.05) is 20.8 Å². The van der Waals surface area contributed by atoms with Gasteiger partial charge >= 0.3 is 0 Å². The molecule has 0 radical (unpaired) electrons. The van der Waals surface area contributed by atoms with Crippen LogP contribution in [-0.2, 0) is 0 Å². The summed E-state index contributed by atoms with van der Waals surface area (Å²) in [6.45, 7) is 2.58. The molecule has 25 heavy (non-hydrogen) atoms. The molecule has 0 saturated carbocycles. The third-order valence-corrected chi connectivity index (χ3v) is 3.82. The molecule has 2 aromatic carbocycles. The number of rotatable bonds is 7. The molecule has 5 heteroatoms. The van der Waals surface area contributed by atoms with Crippen LogP contribution in [-0.4, -0.2) is 20.8 Å². The number of halogens is 1. The van der Waals surface area contributed by atoms with E-state index in [4.69, 9.17) is 25.8 Å². The summed E-state index contributed by atoms with van der Waals surface area (Å²) in [5, 5.41) is 9.95. The number of nitriles is 1. The van der Waals surface area contributed by atoms with Crippen molar-refractivity contribution < 1.29 is 14.2 Å². The summed E-state index contributed by atoms with van der Waals surface area (Å²) in [6.07, 6.45) is 2.64. The number of ether oxygens (including phenoxy) is 3. The fourth-order valence-corrected chi connectivity index (χ4v) is 2.56. The molecule has 0 atom stereocenters. The summed E-state index contributed by atoms with van der Waals surface area (Å²) in [7, 11) is 3.17. The second-order valence-electron chi connectivity index (χ2n) is 5.28. The van der Waals surface area contributed by atoms with Crippen molar-refractivity contribution in [2.45, 2.75) is 13.3 Å². The zero-order chi connectivity index (χ0) is 18.2. The van der Waals surface area contributed by atoms with Gasteiger partial charge in [-0.25, -0.2) is 0 Å². The van der Waals surface area contributed by atoms with Crippen LogP contribution in [0, 0.1) is 11.3 Å². The van der Waals surface area contributed by atoms with E-state index in [-0.39, 0.29) is 0 Å². The summed E-state index contributed by atoms with van der Waals surface area (Å²) in [6, 6.07) is 13.1. The average molecular weight is 358 g/mol. The molecule has 4 nitrogen and oxygen atoms in total. The second-order valence-corrected chi connectivity index (χ2v) is 5.69. The van der Waals surface area contributed by atoms with E-state index < -0.39 is 0 Å². The van der Waals surface area contributed by atoms with Gasteiger partial charge in [0.25, 0.3) is 0 Å². The molecule has 2 aromatic rings. The lowest BCUT2D eigenvalue weighted by molar-refractivity contribution is 0.294. The van der Waals surface area contributed by atoms with Crippen LogP contribution >= 0.6 is 11.6 Å². The van der Waals surface area contributed by atoms with E-state index in [9.17, 15) is 5.26 Å². The van der Waals surface area contributed by atoms with Crippen LogP contribution in [0.5, 0.6) is 17.2 Å². The van der Waals surface area contributed by atoms with Crippen molar-refractivity contribution in [2.24, 2.45) is 0 Å². The number of benzene rings is 2. The zero-order valence-electron chi connectivity index (χ0n) is 14.5. The molecule has 0 fully saturated rings. The Kier molecular flexibility index (Phi) is 6.73. The highest BCUT2D eigenvalue weighted by molar-refractivity contribution is 6.32. The molecule has 0 aliphatic heterocycles. The minimum Gasteiger partial charge on any atom is -0.497 e. The molecule has 2 rings (SSSR count). The first-order valence-electron chi connectivity index (χ1n) is 7.89. The van der Waals surface area contributed by atoms with Gasteiger partial charge in [-0.3, -0.25) is 0 Å². The van der Waals surface area contributed by atoms with Crippen molar-refractivity contribution in [1.29, 1.82) is 5.26 Å². The van der Waals surface area contributed by atoms with Crippen molar-refractivity contribution in [3.05, 3.63) is 52.5 Å². The van der Waals surface area contributed by atoms with Crippen molar-refractivity contribution in [1.82, 2.24) is 0 Å². The SMILES string of the molecule is CCCOc1c(Cl)cc(/C=C(\C#N)c2ccc(OC)cc2)cc1OC. The first-order valence-corrected chi connectivity index (χ1v) is 8.27. The Labute approximate surface area is 153 Å². The van der Waals surface area contributed by atoms with E-state index in [1.54, 1.807) is 32.4 Å². The summed E-state index contributed by atoms with van der Waals surface area (Å²) in [5.74, 6) is 1.80. The van der Waals surface area contributed by atoms with Gasteiger partial charge in [0.15, 0.2) is 11.5 Å². The Balaban J connectivity index is 2.40. The van der Waals surface area contributed by atoms with Crippen molar-refractivity contribution in [3.8, 4) is 23.3 Å². The Bertz CT molecular complexity index is 792. The fourth-order valence-electron chi connectivity index (χ4n) is 2.28. The van der Waals surface area contributed by atoms with Crippen LogP contribution < -0.4 is 14.2 Å². The third kappa shape index (κ3) is 4.68. The molecule has 0 N–H and O–H groups in total. The van der Waals surface area contributed by atoms with E-state index in [1.165, 1.54) is 0 Å². The molecule has 0 spiro atoms. The lowest BCUT2D eigenvalue weighted by atomic mass is 10.0. The molecular weight excluding hydrogens is 338 g/mol. The molecule has 0 bridgehead atoms. The van der Waals surface area contributed by atoms with E-state index >= 15 is 0 Å². The standard InChI is InChI=1S/C20H20ClNO3/c1-4-9-25-20-18(21)11-14(12-19(20)24-3)10-16(13-22)15-5-7-17(23-2)8-6-15/h5-8,10-12H,4,9H2,1-3H3/b16-10+. The lowest BCUT2D eigenvalue weighted by Crippen LogP contribution is -1.99. The quantitative estimate of drug-likeness (QED) is 0.504. The van der Waals surface area contributed by atoms with Gasteiger partial charge in [0.05, 0.1) is 37.5 Å². The molecule has 0 amide bonds. The number of nitrogens with zero attached hydrogens (tertiary/aromatic N) is 1. The van der Waals surface area contributed by atoms with Crippen molar-refractivity contribution >= 4 is 23.3 Å². The number of hydrogen-bond acceptors (Lipinski definition) is 4. The van der Waals surface area contributed by atoms with E-state index in [2.05, 4.69) is 6.07 Å². The van der Waals surface area contributed by atoms with Gasteiger partial charge in [0, 0.05) is 0 Å². The largest absolute Gasteiger partial charge is 0.497 e. The smallest absolute Gasteiger partial charge is 0.179 e. The summed E-state index contributed by atoms with van der Waals surface area (Å²) in [4.78, 5) is 0. The summed E-state index contributed by atoms with van der Waals surface area (Å²) in [5.41, 5.74) is 2.07. The molecule has 0 aliphatic carbocycles.